The molecule has 0 aromatic rings. The minimum Gasteiger partial charge on any atom is -0.466 e. The molecule has 2 rings (SSSR count). The van der Waals surface area contributed by atoms with E-state index in [1.807, 2.05) is 0 Å². The molecule has 1 heterocycles. The Balaban J connectivity index is 2.37. The highest BCUT2D eigenvalue weighted by atomic mass is 16.6. The first-order valence-corrected chi connectivity index (χ1v) is 5.66. The molecule has 0 unspecified atom stereocenters. The third kappa shape index (κ3) is 1.82. The number of esters is 1. The molecular formula is C11H15NO5. The van der Waals surface area contributed by atoms with Crippen LogP contribution >= 0.6 is 0 Å². The lowest BCUT2D eigenvalue weighted by Crippen LogP contribution is -2.49. The lowest BCUT2D eigenvalue weighted by Gasteiger charge is -2.30. The Morgan fingerprint density at radius 1 is 1.65 bits per heavy atom. The van der Waals surface area contributed by atoms with Gasteiger partial charge in [-0.25, -0.2) is 4.79 Å². The van der Waals surface area contributed by atoms with Gasteiger partial charge >= 0.3 is 5.97 Å². The second-order valence-electron chi connectivity index (χ2n) is 4.42. The highest BCUT2D eigenvalue weighted by Gasteiger charge is 2.59. The summed E-state index contributed by atoms with van der Waals surface area (Å²) in [4.78, 5) is 22.3. The summed E-state index contributed by atoms with van der Waals surface area (Å²) in [6.07, 6.45) is 3.66. The number of nitro groups is 1. The van der Waals surface area contributed by atoms with E-state index in [4.69, 9.17) is 4.74 Å². The molecule has 0 radical (unpaired) electrons. The second kappa shape index (κ2) is 4.44. The van der Waals surface area contributed by atoms with Crippen molar-refractivity contribution < 1.29 is 19.2 Å². The number of nitrogens with zero attached hydrogens (tertiary/aromatic N) is 1. The minimum absolute atomic E-state index is 0.154. The van der Waals surface area contributed by atoms with Crippen LogP contribution in [0.4, 0.5) is 0 Å². The average molecular weight is 241 g/mol. The number of hydrogen-bond acceptors (Lipinski definition) is 5. The normalized spacial score (nSPS) is 34.4. The predicted molar refractivity (Wildman–Crippen MR) is 58.0 cm³/mol. The van der Waals surface area contributed by atoms with Crippen molar-refractivity contribution in [3.8, 4) is 0 Å². The van der Waals surface area contributed by atoms with Crippen molar-refractivity contribution in [2.24, 2.45) is 0 Å². The van der Waals surface area contributed by atoms with Crippen LogP contribution in [0.15, 0.2) is 11.6 Å². The van der Waals surface area contributed by atoms with Crippen LogP contribution in [0.2, 0.25) is 0 Å². The van der Waals surface area contributed by atoms with Gasteiger partial charge in [-0.2, -0.15) is 0 Å². The number of ether oxygens (including phenoxy) is 2. The van der Waals surface area contributed by atoms with Crippen molar-refractivity contribution >= 4 is 5.97 Å². The van der Waals surface area contributed by atoms with Gasteiger partial charge in [0.05, 0.1) is 13.7 Å². The zero-order valence-corrected chi connectivity index (χ0v) is 9.68. The van der Waals surface area contributed by atoms with E-state index in [1.54, 1.807) is 0 Å². The molecule has 2 atom stereocenters. The summed E-state index contributed by atoms with van der Waals surface area (Å²) in [5, 5.41) is 11.4. The van der Waals surface area contributed by atoms with E-state index in [0.29, 0.717) is 18.4 Å². The van der Waals surface area contributed by atoms with Gasteiger partial charge < -0.3 is 9.47 Å². The molecular weight excluding hydrogens is 226 g/mol. The highest BCUT2D eigenvalue weighted by Crippen LogP contribution is 2.43. The summed E-state index contributed by atoms with van der Waals surface area (Å²) in [5.41, 5.74) is -0.758. The predicted octanol–water partition coefficient (Wildman–Crippen LogP) is 1.07. The van der Waals surface area contributed by atoms with Crippen molar-refractivity contribution in [2.45, 2.75) is 37.3 Å². The third-order valence-electron chi connectivity index (χ3n) is 3.62. The molecule has 6 heteroatoms. The van der Waals surface area contributed by atoms with Crippen LogP contribution in [0.3, 0.4) is 0 Å². The van der Waals surface area contributed by atoms with Crippen LogP contribution < -0.4 is 0 Å². The Morgan fingerprint density at radius 3 is 3.06 bits per heavy atom. The summed E-state index contributed by atoms with van der Waals surface area (Å²) in [7, 11) is 1.26. The van der Waals surface area contributed by atoms with Crippen LogP contribution in [-0.4, -0.2) is 36.3 Å². The summed E-state index contributed by atoms with van der Waals surface area (Å²) in [5.74, 6) is -0.559. The Bertz CT molecular complexity index is 378. The Morgan fingerprint density at radius 2 is 2.41 bits per heavy atom. The van der Waals surface area contributed by atoms with Gasteiger partial charge in [-0.05, 0) is 12.8 Å². The molecule has 1 aliphatic heterocycles. The van der Waals surface area contributed by atoms with Crippen molar-refractivity contribution in [1.29, 1.82) is 0 Å². The summed E-state index contributed by atoms with van der Waals surface area (Å²) in [6.45, 7) is 0.154. The first-order chi connectivity index (χ1) is 8.11. The smallest absolute Gasteiger partial charge is 0.330 e. The van der Waals surface area contributed by atoms with E-state index in [-0.39, 0.29) is 11.5 Å². The molecule has 2 aliphatic rings. The summed E-state index contributed by atoms with van der Waals surface area (Å²) in [6, 6.07) is 0. The van der Waals surface area contributed by atoms with Crippen molar-refractivity contribution in [1.82, 2.24) is 0 Å². The molecule has 1 saturated heterocycles. The number of hydrogen-bond donors (Lipinski definition) is 0. The second-order valence-corrected chi connectivity index (χ2v) is 4.42. The SMILES string of the molecule is COC(=O)/C=C1/CO[C@@H]2CCCC[C@]12[N+](=O)[O-]. The average Bonchev–Trinajstić information content (AvgIpc) is 2.69. The molecule has 1 aliphatic carbocycles. The van der Waals surface area contributed by atoms with Gasteiger partial charge in [-0.3, -0.25) is 10.1 Å². The van der Waals surface area contributed by atoms with E-state index in [0.717, 1.165) is 12.8 Å². The maximum absolute atomic E-state index is 11.4. The van der Waals surface area contributed by atoms with E-state index in [1.165, 1.54) is 13.2 Å². The fourth-order valence-corrected chi connectivity index (χ4v) is 2.72. The number of carbonyl (C=O) groups is 1. The van der Waals surface area contributed by atoms with E-state index in [9.17, 15) is 14.9 Å². The molecule has 0 N–H and O–H groups in total. The molecule has 2 fully saturated rings. The topological polar surface area (TPSA) is 78.7 Å². The van der Waals surface area contributed by atoms with Crippen LogP contribution in [0.1, 0.15) is 25.7 Å². The maximum Gasteiger partial charge on any atom is 0.330 e. The van der Waals surface area contributed by atoms with Gasteiger partial charge in [0.2, 0.25) is 0 Å². The van der Waals surface area contributed by atoms with E-state index in [2.05, 4.69) is 4.74 Å². The molecule has 0 spiro atoms. The van der Waals surface area contributed by atoms with E-state index < -0.39 is 17.6 Å². The molecule has 0 aromatic carbocycles. The summed E-state index contributed by atoms with van der Waals surface area (Å²) < 4.78 is 9.98. The van der Waals surface area contributed by atoms with Crippen LogP contribution in [0.25, 0.3) is 0 Å². The fourth-order valence-electron chi connectivity index (χ4n) is 2.72. The van der Waals surface area contributed by atoms with Crippen LogP contribution in [0, 0.1) is 10.1 Å². The minimum atomic E-state index is -1.20. The number of methoxy groups -OCH3 is 1. The van der Waals surface area contributed by atoms with E-state index >= 15 is 0 Å². The van der Waals surface area contributed by atoms with Gasteiger partial charge in [0.1, 0.15) is 6.10 Å². The van der Waals surface area contributed by atoms with Gasteiger partial charge in [0.25, 0.3) is 5.54 Å². The van der Waals surface area contributed by atoms with Gasteiger partial charge in [0.15, 0.2) is 0 Å². The summed E-state index contributed by atoms with van der Waals surface area (Å²) >= 11 is 0. The fraction of sp³-hybridized carbons (Fsp3) is 0.727. The molecule has 6 nitrogen and oxygen atoms in total. The molecule has 1 saturated carbocycles. The van der Waals surface area contributed by atoms with Crippen molar-refractivity contribution in [2.75, 3.05) is 13.7 Å². The number of carbonyl (C=O) groups excluding carboxylic acids is 1. The molecule has 0 aromatic heterocycles. The highest BCUT2D eigenvalue weighted by molar-refractivity contribution is 5.83. The Hall–Kier alpha value is -1.43. The molecule has 0 amide bonds. The van der Waals surface area contributed by atoms with Crippen LogP contribution in [-0.2, 0) is 14.3 Å². The first-order valence-electron chi connectivity index (χ1n) is 5.66. The number of fused-ring (bicyclic) bond motifs is 1. The quantitative estimate of drug-likeness (QED) is 0.313. The van der Waals surface area contributed by atoms with Crippen molar-refractivity contribution in [3.05, 3.63) is 21.8 Å². The van der Waals surface area contributed by atoms with Crippen LogP contribution in [0.5, 0.6) is 0 Å². The monoisotopic (exact) mass is 241 g/mol. The largest absolute Gasteiger partial charge is 0.466 e. The van der Waals surface area contributed by atoms with Gasteiger partial charge in [0, 0.05) is 23.0 Å². The maximum atomic E-state index is 11.4. The lowest BCUT2D eigenvalue weighted by molar-refractivity contribution is -0.568. The van der Waals surface area contributed by atoms with Crippen molar-refractivity contribution in [3.63, 3.8) is 0 Å². The molecule has 0 bridgehead atoms. The molecule has 17 heavy (non-hydrogen) atoms. The van der Waals surface area contributed by atoms with Gasteiger partial charge in [-0.15, -0.1) is 0 Å². The first kappa shape index (κ1) is 12.0. The number of rotatable bonds is 2. The zero-order chi connectivity index (χ0) is 12.5. The zero-order valence-electron chi connectivity index (χ0n) is 9.68. The Kier molecular flexibility index (Phi) is 3.15. The third-order valence-corrected chi connectivity index (χ3v) is 3.62. The standard InChI is InChI=1S/C11H15NO5/c1-16-10(13)6-8-7-17-9-4-2-3-5-11(8,9)12(14)15/h6,9H,2-5,7H2,1H3/b8-6-/t9-,11+/m1/s1. The van der Waals surface area contributed by atoms with Gasteiger partial charge in [-0.1, -0.05) is 6.42 Å². The Labute approximate surface area is 98.7 Å². The lowest BCUT2D eigenvalue weighted by atomic mass is 9.76. The molecule has 94 valence electrons.